The summed E-state index contributed by atoms with van der Waals surface area (Å²) in [7, 11) is 5.57. The Labute approximate surface area is 99.3 Å². The van der Waals surface area contributed by atoms with Gasteiger partial charge in [-0.3, -0.25) is 4.90 Å². The summed E-state index contributed by atoms with van der Waals surface area (Å²) in [6, 6.07) is 0.633. The van der Waals surface area contributed by atoms with E-state index in [0.29, 0.717) is 6.04 Å². The fourth-order valence-corrected chi connectivity index (χ4v) is 1.99. The number of hydrogen-bond acceptors (Lipinski definition) is 4. The number of nitrogens with zero attached hydrogens (tertiary/aromatic N) is 1. The van der Waals surface area contributed by atoms with Crippen molar-refractivity contribution in [2.45, 2.75) is 18.9 Å². The molecule has 1 rings (SSSR count). The monoisotopic (exact) mass is 230 g/mol. The summed E-state index contributed by atoms with van der Waals surface area (Å²) in [6.07, 6.45) is 2.77. The topological polar surface area (TPSA) is 33.7 Å². The smallest absolute Gasteiger partial charge is 0.0589 e. The number of hydrogen-bond donors (Lipinski definition) is 1. The maximum Gasteiger partial charge on any atom is 0.0589 e. The summed E-state index contributed by atoms with van der Waals surface area (Å²) >= 11 is 0. The highest BCUT2D eigenvalue weighted by atomic mass is 16.5. The number of methoxy groups -OCH3 is 2. The molecule has 0 amide bonds. The lowest BCUT2D eigenvalue weighted by Gasteiger charge is -2.27. The second-order valence-electron chi connectivity index (χ2n) is 4.52. The van der Waals surface area contributed by atoms with Gasteiger partial charge in [0.05, 0.1) is 13.2 Å². The van der Waals surface area contributed by atoms with E-state index in [1.807, 2.05) is 0 Å². The van der Waals surface area contributed by atoms with Crippen LogP contribution in [0.25, 0.3) is 0 Å². The van der Waals surface area contributed by atoms with Crippen LogP contribution in [0.1, 0.15) is 12.8 Å². The molecule has 96 valence electrons. The van der Waals surface area contributed by atoms with Gasteiger partial charge in [-0.15, -0.1) is 0 Å². The van der Waals surface area contributed by atoms with Crippen molar-refractivity contribution >= 4 is 0 Å². The van der Waals surface area contributed by atoms with Crippen molar-refractivity contribution in [1.82, 2.24) is 10.2 Å². The molecule has 1 aliphatic rings. The molecule has 1 saturated carbocycles. The van der Waals surface area contributed by atoms with Crippen LogP contribution in [-0.2, 0) is 9.47 Å². The molecular formula is C12H26N2O2. The van der Waals surface area contributed by atoms with Gasteiger partial charge in [-0.2, -0.15) is 0 Å². The molecular weight excluding hydrogens is 204 g/mol. The van der Waals surface area contributed by atoms with Gasteiger partial charge >= 0.3 is 0 Å². The fourth-order valence-electron chi connectivity index (χ4n) is 1.99. The van der Waals surface area contributed by atoms with E-state index in [1.54, 1.807) is 14.2 Å². The van der Waals surface area contributed by atoms with Gasteiger partial charge < -0.3 is 14.8 Å². The average Bonchev–Trinajstić information content (AvgIpc) is 3.12. The fraction of sp³-hybridized carbons (Fsp3) is 1.00. The van der Waals surface area contributed by atoms with Crippen molar-refractivity contribution in [2.24, 2.45) is 5.92 Å². The van der Waals surface area contributed by atoms with Crippen molar-refractivity contribution in [2.75, 3.05) is 54.1 Å². The molecule has 1 fully saturated rings. The third-order valence-corrected chi connectivity index (χ3v) is 3.24. The normalized spacial score (nSPS) is 18.0. The molecule has 1 unspecified atom stereocenters. The van der Waals surface area contributed by atoms with Gasteiger partial charge in [-0.25, -0.2) is 0 Å². The van der Waals surface area contributed by atoms with Gasteiger partial charge in [-0.1, -0.05) is 0 Å². The van der Waals surface area contributed by atoms with Crippen molar-refractivity contribution in [1.29, 1.82) is 0 Å². The molecule has 0 radical (unpaired) electrons. The van der Waals surface area contributed by atoms with E-state index in [0.717, 1.165) is 38.8 Å². The maximum atomic E-state index is 5.14. The first-order valence-electron chi connectivity index (χ1n) is 6.19. The molecule has 0 aromatic rings. The lowest BCUT2D eigenvalue weighted by atomic mass is 10.1. The largest absolute Gasteiger partial charge is 0.383 e. The zero-order chi connectivity index (χ0) is 11.8. The number of ether oxygens (including phenoxy) is 2. The third-order valence-electron chi connectivity index (χ3n) is 3.24. The van der Waals surface area contributed by atoms with Gasteiger partial charge in [0.15, 0.2) is 0 Å². The van der Waals surface area contributed by atoms with Crippen LogP contribution in [0.5, 0.6) is 0 Å². The van der Waals surface area contributed by atoms with Crippen LogP contribution < -0.4 is 5.32 Å². The van der Waals surface area contributed by atoms with Crippen molar-refractivity contribution in [3.8, 4) is 0 Å². The van der Waals surface area contributed by atoms with Crippen molar-refractivity contribution in [3.05, 3.63) is 0 Å². The number of nitrogens with one attached hydrogen (secondary N) is 1. The van der Waals surface area contributed by atoms with Crippen molar-refractivity contribution in [3.63, 3.8) is 0 Å². The van der Waals surface area contributed by atoms with E-state index in [4.69, 9.17) is 9.47 Å². The van der Waals surface area contributed by atoms with Crippen molar-refractivity contribution < 1.29 is 9.47 Å². The SMILES string of the molecule is CNC(CN(CCOC)CCOC)C1CC1. The van der Waals surface area contributed by atoms with Crippen LogP contribution in [0.2, 0.25) is 0 Å². The molecule has 0 aromatic carbocycles. The summed E-state index contributed by atoms with van der Waals surface area (Å²) in [5.41, 5.74) is 0. The van der Waals surface area contributed by atoms with E-state index < -0.39 is 0 Å². The Kier molecular flexibility index (Phi) is 6.96. The highest BCUT2D eigenvalue weighted by Crippen LogP contribution is 2.32. The van der Waals surface area contributed by atoms with Crippen LogP contribution in [0.15, 0.2) is 0 Å². The minimum Gasteiger partial charge on any atom is -0.383 e. The molecule has 0 heterocycles. The molecule has 4 heteroatoms. The van der Waals surface area contributed by atoms with Crippen LogP contribution in [-0.4, -0.2) is 65.1 Å². The first-order valence-corrected chi connectivity index (χ1v) is 6.19. The standard InChI is InChI=1S/C12H26N2O2/c1-13-12(11-4-5-11)10-14(6-8-15-2)7-9-16-3/h11-13H,4-10H2,1-3H3. The molecule has 0 saturated heterocycles. The second-order valence-corrected chi connectivity index (χ2v) is 4.52. The Morgan fingerprint density at radius 2 is 1.75 bits per heavy atom. The van der Waals surface area contributed by atoms with Gasteiger partial charge in [0.2, 0.25) is 0 Å². The van der Waals surface area contributed by atoms with Gasteiger partial charge in [0, 0.05) is 39.9 Å². The average molecular weight is 230 g/mol. The van der Waals surface area contributed by atoms with Crippen LogP contribution in [0.4, 0.5) is 0 Å². The Morgan fingerprint density at radius 1 is 1.19 bits per heavy atom. The third kappa shape index (κ3) is 5.25. The summed E-state index contributed by atoms with van der Waals surface area (Å²) in [5.74, 6) is 0.887. The molecule has 0 spiro atoms. The quantitative estimate of drug-likeness (QED) is 0.595. The highest BCUT2D eigenvalue weighted by molar-refractivity contribution is 4.87. The maximum absolute atomic E-state index is 5.14. The van der Waals surface area contributed by atoms with E-state index in [2.05, 4.69) is 17.3 Å². The lowest BCUT2D eigenvalue weighted by Crippen LogP contribution is -2.43. The molecule has 0 bridgehead atoms. The van der Waals surface area contributed by atoms with E-state index >= 15 is 0 Å². The molecule has 1 N–H and O–H groups in total. The Balaban J connectivity index is 2.27. The molecule has 16 heavy (non-hydrogen) atoms. The zero-order valence-corrected chi connectivity index (χ0v) is 10.9. The molecule has 1 aliphatic carbocycles. The van der Waals surface area contributed by atoms with Crippen LogP contribution >= 0.6 is 0 Å². The van der Waals surface area contributed by atoms with Crippen LogP contribution in [0, 0.1) is 5.92 Å². The Hall–Kier alpha value is -0.160. The van der Waals surface area contributed by atoms with E-state index in [9.17, 15) is 0 Å². The van der Waals surface area contributed by atoms with Gasteiger partial charge in [0.25, 0.3) is 0 Å². The highest BCUT2D eigenvalue weighted by Gasteiger charge is 2.31. The predicted molar refractivity (Wildman–Crippen MR) is 65.8 cm³/mol. The van der Waals surface area contributed by atoms with Crippen LogP contribution in [0.3, 0.4) is 0 Å². The first kappa shape index (κ1) is 13.9. The molecule has 1 atom stereocenters. The molecule has 0 aromatic heterocycles. The number of rotatable bonds is 10. The summed E-state index contributed by atoms with van der Waals surface area (Å²) in [5, 5.41) is 3.42. The summed E-state index contributed by atoms with van der Waals surface area (Å²) in [4.78, 5) is 2.42. The molecule has 0 aliphatic heterocycles. The van der Waals surface area contributed by atoms with Gasteiger partial charge in [0.1, 0.15) is 0 Å². The lowest BCUT2D eigenvalue weighted by molar-refractivity contribution is 0.106. The Bertz CT molecular complexity index is 166. The minimum atomic E-state index is 0.633. The van der Waals surface area contributed by atoms with Gasteiger partial charge in [-0.05, 0) is 25.8 Å². The van der Waals surface area contributed by atoms with E-state index in [1.165, 1.54) is 12.8 Å². The first-order chi connectivity index (χ1) is 7.81. The Morgan fingerprint density at radius 3 is 2.12 bits per heavy atom. The second kappa shape index (κ2) is 8.01. The summed E-state index contributed by atoms with van der Waals surface area (Å²) < 4.78 is 10.3. The van der Waals surface area contributed by atoms with E-state index in [-0.39, 0.29) is 0 Å². The molecule has 4 nitrogen and oxygen atoms in total. The number of likely N-dealkylation sites (N-methyl/N-ethyl adjacent to an activating group) is 1. The predicted octanol–water partition coefficient (Wildman–Crippen LogP) is 0.579. The minimum absolute atomic E-state index is 0.633. The summed E-state index contributed by atoms with van der Waals surface area (Å²) in [6.45, 7) is 4.68. The zero-order valence-electron chi connectivity index (χ0n) is 10.9.